The van der Waals surface area contributed by atoms with Gasteiger partial charge in [-0.25, -0.2) is 18.2 Å². The third-order valence-electron chi connectivity index (χ3n) is 4.16. The van der Waals surface area contributed by atoms with E-state index in [9.17, 15) is 13.2 Å². The molecule has 0 unspecified atom stereocenters. The number of aromatic nitrogens is 2. The first-order chi connectivity index (χ1) is 12.6. The summed E-state index contributed by atoms with van der Waals surface area (Å²) >= 11 is 0. The van der Waals surface area contributed by atoms with Crippen LogP contribution in [0.2, 0.25) is 0 Å². The highest BCUT2D eigenvalue weighted by molar-refractivity contribution is 5.19. The van der Waals surface area contributed by atoms with E-state index in [4.69, 9.17) is 0 Å². The topological polar surface area (TPSA) is 21.1 Å². The Morgan fingerprint density at radius 1 is 0.885 bits per heavy atom. The van der Waals surface area contributed by atoms with Crippen LogP contribution in [0.5, 0.6) is 0 Å². The zero-order chi connectivity index (χ0) is 18.4. The summed E-state index contributed by atoms with van der Waals surface area (Å²) in [6, 6.07) is 10.3. The first-order valence-electron chi connectivity index (χ1n) is 8.46. The fourth-order valence-electron chi connectivity index (χ4n) is 2.85. The van der Waals surface area contributed by atoms with E-state index in [0.717, 1.165) is 31.1 Å². The van der Waals surface area contributed by atoms with Crippen molar-refractivity contribution in [3.63, 3.8) is 0 Å². The Morgan fingerprint density at radius 2 is 1.62 bits per heavy atom. The minimum atomic E-state index is -0.848. The smallest absolute Gasteiger partial charge is 0.159 e. The van der Waals surface area contributed by atoms with Gasteiger partial charge in [0.15, 0.2) is 11.6 Å². The lowest BCUT2D eigenvalue weighted by atomic mass is 10.1. The third kappa shape index (κ3) is 5.20. The molecule has 0 bridgehead atoms. The molecular weight excluding hydrogens is 339 g/mol. The summed E-state index contributed by atoms with van der Waals surface area (Å²) < 4.78 is 41.7. The monoisotopic (exact) mass is 359 g/mol. The molecule has 3 aromatic rings. The summed E-state index contributed by atoms with van der Waals surface area (Å²) in [5, 5.41) is 0. The van der Waals surface area contributed by atoms with E-state index < -0.39 is 11.6 Å². The van der Waals surface area contributed by atoms with Crippen LogP contribution in [0.25, 0.3) is 0 Å². The van der Waals surface area contributed by atoms with Gasteiger partial charge in [-0.15, -0.1) is 0 Å². The van der Waals surface area contributed by atoms with Crippen LogP contribution < -0.4 is 0 Å². The van der Waals surface area contributed by atoms with Gasteiger partial charge in [0, 0.05) is 38.6 Å². The van der Waals surface area contributed by atoms with Crippen LogP contribution >= 0.6 is 0 Å². The number of imidazole rings is 1. The molecule has 0 fully saturated rings. The number of benzene rings is 2. The van der Waals surface area contributed by atoms with Gasteiger partial charge in [-0.05, 0) is 41.8 Å². The molecule has 1 heterocycles. The zero-order valence-corrected chi connectivity index (χ0v) is 14.3. The molecule has 0 saturated carbocycles. The molecule has 0 atom stereocenters. The Bertz CT molecular complexity index is 817. The number of hydrogen-bond acceptors (Lipinski definition) is 2. The number of aryl methyl sites for hydroxylation is 1. The van der Waals surface area contributed by atoms with Crippen molar-refractivity contribution in [3.8, 4) is 0 Å². The van der Waals surface area contributed by atoms with Crippen molar-refractivity contribution in [2.75, 3.05) is 6.54 Å². The molecular formula is C20H20F3N3. The van der Waals surface area contributed by atoms with E-state index in [1.165, 1.54) is 18.2 Å². The van der Waals surface area contributed by atoms with Crippen molar-refractivity contribution >= 4 is 0 Å². The maximum atomic E-state index is 13.5. The van der Waals surface area contributed by atoms with Crippen molar-refractivity contribution in [2.24, 2.45) is 0 Å². The number of nitrogens with zero attached hydrogens (tertiary/aromatic N) is 3. The van der Waals surface area contributed by atoms with Gasteiger partial charge in [0.1, 0.15) is 5.82 Å². The van der Waals surface area contributed by atoms with E-state index in [2.05, 4.69) is 9.88 Å². The van der Waals surface area contributed by atoms with Crippen LogP contribution in [0.1, 0.15) is 17.5 Å². The summed E-state index contributed by atoms with van der Waals surface area (Å²) in [5.41, 5.74) is 1.67. The van der Waals surface area contributed by atoms with Gasteiger partial charge in [0.2, 0.25) is 0 Å². The van der Waals surface area contributed by atoms with E-state index in [0.29, 0.717) is 18.7 Å². The Kier molecular flexibility index (Phi) is 6.07. The molecule has 6 heteroatoms. The highest BCUT2D eigenvalue weighted by Crippen LogP contribution is 2.14. The molecule has 136 valence electrons. The standard InChI is InChI=1S/C20H20F3N3/c21-18-5-2-16(3-6-18)13-26(10-1-9-25-11-8-24-15-25)14-17-4-7-19(22)20(23)12-17/h2-8,11-12,15H,1,9-10,13-14H2. The lowest BCUT2D eigenvalue weighted by Gasteiger charge is -2.23. The molecule has 0 saturated heterocycles. The maximum absolute atomic E-state index is 13.5. The van der Waals surface area contributed by atoms with Crippen molar-refractivity contribution < 1.29 is 13.2 Å². The average molecular weight is 359 g/mol. The highest BCUT2D eigenvalue weighted by atomic mass is 19.2. The van der Waals surface area contributed by atoms with E-state index in [-0.39, 0.29) is 5.82 Å². The van der Waals surface area contributed by atoms with Crippen LogP contribution in [0.3, 0.4) is 0 Å². The van der Waals surface area contributed by atoms with Crippen LogP contribution in [0.4, 0.5) is 13.2 Å². The summed E-state index contributed by atoms with van der Waals surface area (Å²) in [5.74, 6) is -1.97. The van der Waals surface area contributed by atoms with E-state index in [1.807, 2.05) is 10.8 Å². The minimum absolute atomic E-state index is 0.277. The molecule has 0 radical (unpaired) electrons. The van der Waals surface area contributed by atoms with Crippen LogP contribution in [-0.2, 0) is 19.6 Å². The highest BCUT2D eigenvalue weighted by Gasteiger charge is 2.10. The quantitative estimate of drug-likeness (QED) is 0.595. The Hall–Kier alpha value is -2.60. The molecule has 0 spiro atoms. The number of hydrogen-bond donors (Lipinski definition) is 0. The Morgan fingerprint density at radius 3 is 2.31 bits per heavy atom. The summed E-state index contributed by atoms with van der Waals surface area (Å²) in [7, 11) is 0. The Balaban J connectivity index is 1.66. The SMILES string of the molecule is Fc1ccc(CN(CCCn2ccnc2)Cc2ccc(F)c(F)c2)cc1. The summed E-state index contributed by atoms with van der Waals surface area (Å²) in [6.07, 6.45) is 6.28. The summed E-state index contributed by atoms with van der Waals surface area (Å²) in [6.45, 7) is 2.66. The molecule has 0 aliphatic carbocycles. The van der Waals surface area contributed by atoms with Gasteiger partial charge < -0.3 is 4.57 Å². The van der Waals surface area contributed by atoms with Gasteiger partial charge in [0.25, 0.3) is 0 Å². The van der Waals surface area contributed by atoms with Crippen molar-refractivity contribution in [1.29, 1.82) is 0 Å². The normalized spacial score (nSPS) is 11.2. The number of rotatable bonds is 8. The molecule has 1 aromatic heterocycles. The van der Waals surface area contributed by atoms with Crippen molar-refractivity contribution in [2.45, 2.75) is 26.1 Å². The largest absolute Gasteiger partial charge is 0.337 e. The second kappa shape index (κ2) is 8.67. The fourth-order valence-corrected chi connectivity index (χ4v) is 2.85. The Labute approximate surface area is 150 Å². The molecule has 0 aliphatic heterocycles. The van der Waals surface area contributed by atoms with Gasteiger partial charge in [0.05, 0.1) is 6.33 Å². The second-order valence-corrected chi connectivity index (χ2v) is 6.24. The minimum Gasteiger partial charge on any atom is -0.337 e. The van der Waals surface area contributed by atoms with Crippen LogP contribution in [0.15, 0.2) is 61.2 Å². The van der Waals surface area contributed by atoms with Gasteiger partial charge >= 0.3 is 0 Å². The van der Waals surface area contributed by atoms with Gasteiger partial charge in [-0.1, -0.05) is 18.2 Å². The molecule has 3 nitrogen and oxygen atoms in total. The van der Waals surface area contributed by atoms with Gasteiger partial charge in [-0.2, -0.15) is 0 Å². The summed E-state index contributed by atoms with van der Waals surface area (Å²) in [4.78, 5) is 6.15. The van der Waals surface area contributed by atoms with E-state index >= 15 is 0 Å². The molecule has 0 aliphatic rings. The predicted molar refractivity (Wildman–Crippen MR) is 93.7 cm³/mol. The van der Waals surface area contributed by atoms with Crippen LogP contribution in [0, 0.1) is 17.5 Å². The molecule has 0 N–H and O–H groups in total. The maximum Gasteiger partial charge on any atom is 0.159 e. The van der Waals surface area contributed by atoms with E-state index in [1.54, 1.807) is 30.7 Å². The zero-order valence-electron chi connectivity index (χ0n) is 14.3. The molecule has 2 aromatic carbocycles. The van der Waals surface area contributed by atoms with Crippen molar-refractivity contribution in [3.05, 3.63) is 89.8 Å². The molecule has 3 rings (SSSR count). The lowest BCUT2D eigenvalue weighted by molar-refractivity contribution is 0.248. The number of halogens is 3. The second-order valence-electron chi connectivity index (χ2n) is 6.24. The fraction of sp³-hybridized carbons (Fsp3) is 0.250. The lowest BCUT2D eigenvalue weighted by Crippen LogP contribution is -2.25. The van der Waals surface area contributed by atoms with Crippen LogP contribution in [-0.4, -0.2) is 21.0 Å². The van der Waals surface area contributed by atoms with Crippen molar-refractivity contribution in [1.82, 2.24) is 14.5 Å². The first kappa shape index (κ1) is 18.2. The third-order valence-corrected chi connectivity index (χ3v) is 4.16. The molecule has 0 amide bonds. The predicted octanol–water partition coefficient (Wildman–Crippen LogP) is 4.39. The first-order valence-corrected chi connectivity index (χ1v) is 8.46. The molecule has 26 heavy (non-hydrogen) atoms. The average Bonchev–Trinajstić information content (AvgIpc) is 3.13. The van der Waals surface area contributed by atoms with Gasteiger partial charge in [-0.3, -0.25) is 4.90 Å².